The molecule has 0 atom stereocenters. The van der Waals surface area contributed by atoms with Crippen LogP contribution in [0.15, 0.2) is 36.8 Å². The summed E-state index contributed by atoms with van der Waals surface area (Å²) in [5, 5.41) is 4.96. The van der Waals surface area contributed by atoms with Crippen molar-refractivity contribution < 1.29 is 9.19 Å². The van der Waals surface area contributed by atoms with Crippen LogP contribution in [0.3, 0.4) is 0 Å². The number of fused-ring (bicyclic) bond motifs is 3. The van der Waals surface area contributed by atoms with Gasteiger partial charge in [0.2, 0.25) is 11.9 Å². The molecule has 0 bridgehead atoms. The van der Waals surface area contributed by atoms with Crippen LogP contribution in [0.2, 0.25) is 18.1 Å². The van der Waals surface area contributed by atoms with Crippen LogP contribution in [0, 0.1) is 11.9 Å². The molecule has 1 aliphatic heterocycles. The summed E-state index contributed by atoms with van der Waals surface area (Å²) in [6.45, 7) is 10.6. The molecule has 0 radical (unpaired) electrons. The highest BCUT2D eigenvalue weighted by Crippen LogP contribution is 2.42. The Morgan fingerprint density at radius 1 is 1.00 bits per heavy atom. The SMILES string of the molecule is CC(C)(CCC1CCN(c2ccc(Nc3ncc4c5ccnc(F)c5n(C5CCCC5)c4n3)nc2)CC1)[Si](C)(C)O. The van der Waals surface area contributed by atoms with Crippen LogP contribution in [-0.2, 0) is 0 Å². The third kappa shape index (κ3) is 5.56. The molecule has 218 valence electrons. The number of nitrogens with zero attached hydrogens (tertiary/aromatic N) is 6. The van der Waals surface area contributed by atoms with Gasteiger partial charge in [-0.2, -0.15) is 9.37 Å². The first-order valence-corrected chi connectivity index (χ1v) is 18.1. The van der Waals surface area contributed by atoms with E-state index >= 15 is 0 Å². The highest BCUT2D eigenvalue weighted by molar-refractivity contribution is 6.72. The number of halogens is 1. The molecular weight excluding hydrogens is 533 g/mol. The molecule has 0 aromatic carbocycles. The maximum Gasteiger partial charge on any atom is 0.237 e. The molecule has 1 saturated carbocycles. The minimum Gasteiger partial charge on any atom is -0.432 e. The largest absolute Gasteiger partial charge is 0.432 e. The standard InChI is InChI=1S/C31H42FN7OSi/c1-31(2,41(3,4)40)15-11-21-13-17-38(18-14-21)23-9-10-26(34-19-23)36-30-35-20-25-24-12-16-33-28(32)27(24)39(29(25)37-30)22-7-5-6-8-22/h9-10,12,16,19-22,40H,5-8,11,13-15,17-18H2,1-4H3,(H,34,35,36,37). The molecule has 0 spiro atoms. The summed E-state index contributed by atoms with van der Waals surface area (Å²) in [6.07, 6.45) is 14.1. The molecule has 8 nitrogen and oxygen atoms in total. The molecule has 2 fully saturated rings. The molecule has 4 aromatic rings. The van der Waals surface area contributed by atoms with Gasteiger partial charge in [-0.05, 0) is 80.8 Å². The Bertz CT molecular complexity index is 1520. The summed E-state index contributed by atoms with van der Waals surface area (Å²) < 4.78 is 17.0. The molecule has 0 unspecified atom stereocenters. The first-order chi connectivity index (χ1) is 19.6. The maximum absolute atomic E-state index is 14.9. The molecule has 2 N–H and O–H groups in total. The Balaban J connectivity index is 1.13. The van der Waals surface area contributed by atoms with Gasteiger partial charge in [-0.3, -0.25) is 0 Å². The molecule has 10 heteroatoms. The van der Waals surface area contributed by atoms with Gasteiger partial charge in [0.05, 0.1) is 11.9 Å². The average Bonchev–Trinajstić information content (AvgIpc) is 3.59. The lowest BCUT2D eigenvalue weighted by Gasteiger charge is -2.38. The fourth-order valence-electron chi connectivity index (χ4n) is 6.42. The number of pyridine rings is 2. The zero-order chi connectivity index (χ0) is 28.8. The van der Waals surface area contributed by atoms with E-state index in [4.69, 9.17) is 4.98 Å². The first kappa shape index (κ1) is 28.0. The van der Waals surface area contributed by atoms with Gasteiger partial charge < -0.3 is 19.6 Å². The Hall–Kier alpha value is -3.11. The van der Waals surface area contributed by atoms with Gasteiger partial charge in [0.15, 0.2) is 8.32 Å². The molecular formula is C31H42FN7OSi. The van der Waals surface area contributed by atoms with E-state index in [0.29, 0.717) is 23.2 Å². The van der Waals surface area contributed by atoms with Crippen molar-refractivity contribution in [3.63, 3.8) is 0 Å². The Morgan fingerprint density at radius 2 is 1.76 bits per heavy atom. The van der Waals surface area contributed by atoms with Crippen LogP contribution >= 0.6 is 0 Å². The van der Waals surface area contributed by atoms with Gasteiger partial charge in [0, 0.05) is 42.3 Å². The van der Waals surface area contributed by atoms with Gasteiger partial charge in [-0.1, -0.05) is 26.7 Å². The van der Waals surface area contributed by atoms with Gasteiger partial charge in [0.1, 0.15) is 17.0 Å². The van der Waals surface area contributed by atoms with E-state index < -0.39 is 14.3 Å². The Labute approximate surface area is 242 Å². The van der Waals surface area contributed by atoms with Crippen LogP contribution in [0.1, 0.15) is 71.3 Å². The summed E-state index contributed by atoms with van der Waals surface area (Å²) >= 11 is 0. The Morgan fingerprint density at radius 3 is 2.44 bits per heavy atom. The van der Waals surface area contributed by atoms with Crippen LogP contribution < -0.4 is 10.2 Å². The topological polar surface area (TPSA) is 92.0 Å². The van der Waals surface area contributed by atoms with Crippen molar-refractivity contribution in [1.82, 2.24) is 24.5 Å². The lowest BCUT2D eigenvalue weighted by atomic mass is 9.89. The molecule has 4 aromatic heterocycles. The molecule has 1 saturated heterocycles. The van der Waals surface area contributed by atoms with Gasteiger partial charge >= 0.3 is 0 Å². The molecule has 41 heavy (non-hydrogen) atoms. The predicted molar refractivity (Wildman–Crippen MR) is 166 cm³/mol. The lowest BCUT2D eigenvalue weighted by Crippen LogP contribution is -2.40. The zero-order valence-electron chi connectivity index (χ0n) is 24.7. The summed E-state index contributed by atoms with van der Waals surface area (Å²) in [5.41, 5.74) is 2.39. The molecule has 0 amide bonds. The summed E-state index contributed by atoms with van der Waals surface area (Å²) in [4.78, 5) is 31.0. The van der Waals surface area contributed by atoms with Gasteiger partial charge in [-0.25, -0.2) is 15.0 Å². The smallest absolute Gasteiger partial charge is 0.237 e. The van der Waals surface area contributed by atoms with E-state index in [9.17, 15) is 9.19 Å². The fraction of sp³-hybridized carbons (Fsp3) is 0.548. The third-order valence-corrected chi connectivity index (χ3v) is 13.5. The minimum atomic E-state index is -2.15. The third-order valence-electron chi connectivity index (χ3n) is 9.90. The number of rotatable bonds is 8. The van der Waals surface area contributed by atoms with Crippen molar-refractivity contribution >= 4 is 47.7 Å². The van der Waals surface area contributed by atoms with Crippen LogP contribution in [0.25, 0.3) is 21.9 Å². The molecule has 2 aliphatic rings. The summed E-state index contributed by atoms with van der Waals surface area (Å²) in [6, 6.07) is 6.15. The minimum absolute atomic E-state index is 0.0472. The van der Waals surface area contributed by atoms with E-state index in [1.54, 1.807) is 6.20 Å². The van der Waals surface area contributed by atoms with Crippen molar-refractivity contribution in [1.29, 1.82) is 0 Å². The van der Waals surface area contributed by atoms with Crippen molar-refractivity contribution in [2.24, 2.45) is 5.92 Å². The van der Waals surface area contributed by atoms with E-state index in [-0.39, 0.29) is 11.1 Å². The second-order valence-electron chi connectivity index (χ2n) is 13.2. The first-order valence-electron chi connectivity index (χ1n) is 15.1. The van der Waals surface area contributed by atoms with Gasteiger partial charge in [0.25, 0.3) is 0 Å². The number of anilines is 3. The molecule has 6 rings (SSSR count). The van der Waals surface area contributed by atoms with Crippen molar-refractivity contribution in [3.05, 3.63) is 42.7 Å². The predicted octanol–water partition coefficient (Wildman–Crippen LogP) is 7.35. The molecule has 5 heterocycles. The maximum atomic E-state index is 14.9. The van der Waals surface area contributed by atoms with E-state index in [0.717, 1.165) is 67.3 Å². The summed E-state index contributed by atoms with van der Waals surface area (Å²) in [5.74, 6) is 1.39. The number of piperidine rings is 1. The highest BCUT2D eigenvalue weighted by atomic mass is 28.4. The van der Waals surface area contributed by atoms with E-state index in [1.165, 1.54) is 25.5 Å². The monoisotopic (exact) mass is 575 g/mol. The van der Waals surface area contributed by atoms with Crippen molar-refractivity contribution in [3.8, 4) is 0 Å². The van der Waals surface area contributed by atoms with E-state index in [1.807, 2.05) is 22.9 Å². The number of hydrogen-bond donors (Lipinski definition) is 2. The van der Waals surface area contributed by atoms with E-state index in [2.05, 4.69) is 58.2 Å². The Kier molecular flexibility index (Phi) is 7.48. The lowest BCUT2D eigenvalue weighted by molar-refractivity contribution is 0.340. The molecule has 1 aliphatic carbocycles. The van der Waals surface area contributed by atoms with Crippen LogP contribution in [-0.4, -0.2) is 50.7 Å². The average molecular weight is 576 g/mol. The van der Waals surface area contributed by atoms with Crippen molar-refractivity contribution in [2.75, 3.05) is 23.3 Å². The number of hydrogen-bond acceptors (Lipinski definition) is 7. The number of nitrogens with one attached hydrogen (secondary N) is 1. The highest BCUT2D eigenvalue weighted by Gasteiger charge is 2.38. The quantitative estimate of drug-likeness (QED) is 0.168. The zero-order valence-corrected chi connectivity index (χ0v) is 25.7. The van der Waals surface area contributed by atoms with Crippen molar-refractivity contribution in [2.45, 2.75) is 89.4 Å². The second kappa shape index (κ2) is 10.9. The normalized spacial score (nSPS) is 17.7. The fourth-order valence-corrected chi connectivity index (χ4v) is 7.17. The number of aromatic nitrogens is 5. The van der Waals surface area contributed by atoms with Gasteiger partial charge in [-0.15, -0.1) is 0 Å². The summed E-state index contributed by atoms with van der Waals surface area (Å²) in [7, 11) is -2.15. The second-order valence-corrected chi connectivity index (χ2v) is 17.6. The van der Waals surface area contributed by atoms with Crippen LogP contribution in [0.4, 0.5) is 21.8 Å². The van der Waals surface area contributed by atoms with Crippen LogP contribution in [0.5, 0.6) is 0 Å².